The molecule has 0 aliphatic carbocycles. The van der Waals surface area contributed by atoms with Crippen molar-refractivity contribution in [3.63, 3.8) is 0 Å². The zero-order valence-electron chi connectivity index (χ0n) is 18.0. The number of nitro groups is 1. The average Bonchev–Trinajstić information content (AvgIpc) is 3.51. The predicted molar refractivity (Wildman–Crippen MR) is 119 cm³/mol. The predicted octanol–water partition coefficient (Wildman–Crippen LogP) is 5.38. The van der Waals surface area contributed by atoms with E-state index < -0.39 is 11.0 Å². The third-order valence-corrected chi connectivity index (χ3v) is 5.97. The summed E-state index contributed by atoms with van der Waals surface area (Å²) in [4.78, 5) is 17.6. The van der Waals surface area contributed by atoms with Gasteiger partial charge in [-0.25, -0.2) is 8.78 Å². The highest BCUT2D eigenvalue weighted by atomic mass is 19.1. The van der Waals surface area contributed by atoms with Crippen molar-refractivity contribution in [1.29, 1.82) is 0 Å². The molecule has 0 N–H and O–H groups in total. The summed E-state index contributed by atoms with van der Waals surface area (Å²) >= 11 is 0. The minimum atomic E-state index is -0.622. The summed E-state index contributed by atoms with van der Waals surface area (Å²) in [5.74, 6) is -0.156. The minimum absolute atomic E-state index is 0.0103. The van der Waals surface area contributed by atoms with E-state index >= 15 is 0 Å². The lowest BCUT2D eigenvalue weighted by atomic mass is 10.0. The van der Waals surface area contributed by atoms with Crippen molar-refractivity contribution in [2.75, 3.05) is 18.0 Å². The molecule has 1 fully saturated rings. The van der Waals surface area contributed by atoms with Gasteiger partial charge in [0.15, 0.2) is 11.9 Å². The van der Waals surface area contributed by atoms with Crippen molar-refractivity contribution in [1.82, 2.24) is 0 Å². The lowest BCUT2D eigenvalue weighted by Crippen LogP contribution is -2.38. The second kappa shape index (κ2) is 9.12. The molecule has 1 atom stereocenters. The monoisotopic (exact) mass is 469 g/mol. The normalized spacial score (nSPS) is 18.5. The molecule has 0 spiro atoms. The molecule has 1 unspecified atom stereocenters. The first-order chi connectivity index (χ1) is 16.5. The van der Waals surface area contributed by atoms with Gasteiger partial charge in [-0.2, -0.15) is 0 Å². The van der Waals surface area contributed by atoms with Gasteiger partial charge in [-0.15, -0.1) is 0 Å². The van der Waals surface area contributed by atoms with Crippen LogP contribution in [0.25, 0.3) is 0 Å². The summed E-state index contributed by atoms with van der Waals surface area (Å²) < 4.78 is 39.1. The third kappa shape index (κ3) is 4.57. The Labute approximate surface area is 193 Å². The van der Waals surface area contributed by atoms with Crippen LogP contribution in [0, 0.1) is 21.7 Å². The van der Waals surface area contributed by atoms with Crippen molar-refractivity contribution in [2.45, 2.75) is 31.5 Å². The van der Waals surface area contributed by atoms with Gasteiger partial charge in [-0.05, 0) is 48.0 Å². The van der Waals surface area contributed by atoms with E-state index in [1.165, 1.54) is 30.3 Å². The maximum atomic E-state index is 15.0. The fourth-order valence-corrected chi connectivity index (χ4v) is 4.18. The number of anilines is 1. The molecule has 0 bridgehead atoms. The van der Waals surface area contributed by atoms with E-state index in [1.807, 2.05) is 4.90 Å². The summed E-state index contributed by atoms with van der Waals surface area (Å²) in [6.45, 7) is 1.26. The standard InChI is InChI=1S/C24H21F2N3O5/c25-16-2-4-17(5-3-16)32-18-9-11-28(12-10-18)21-6-1-15(13-19(21)26)23-14-20(27-34-23)22-7-8-24(33-22)29(30)31/h1-8,13,18,23H,9-12,14H2. The Morgan fingerprint density at radius 1 is 1.06 bits per heavy atom. The Bertz CT molecular complexity index is 1220. The molecule has 0 radical (unpaired) electrons. The van der Waals surface area contributed by atoms with Gasteiger partial charge in [0.05, 0.1) is 11.8 Å². The molecular formula is C24H21F2N3O5. The quantitative estimate of drug-likeness (QED) is 0.356. The van der Waals surface area contributed by atoms with Crippen LogP contribution in [0.5, 0.6) is 5.75 Å². The van der Waals surface area contributed by atoms with Crippen LogP contribution in [0.3, 0.4) is 0 Å². The molecular weight excluding hydrogens is 448 g/mol. The summed E-state index contributed by atoms with van der Waals surface area (Å²) in [5, 5.41) is 14.8. The molecule has 34 heavy (non-hydrogen) atoms. The second-order valence-electron chi connectivity index (χ2n) is 8.20. The highest BCUT2D eigenvalue weighted by Gasteiger charge is 2.29. The number of furan rings is 1. The van der Waals surface area contributed by atoms with Crippen LogP contribution in [0.15, 0.2) is 64.2 Å². The van der Waals surface area contributed by atoms with Crippen LogP contribution in [0.1, 0.15) is 36.7 Å². The van der Waals surface area contributed by atoms with E-state index in [4.69, 9.17) is 14.0 Å². The van der Waals surface area contributed by atoms with Gasteiger partial charge < -0.3 is 18.9 Å². The van der Waals surface area contributed by atoms with Gasteiger partial charge in [-0.3, -0.25) is 10.1 Å². The lowest BCUT2D eigenvalue weighted by molar-refractivity contribution is -0.402. The van der Waals surface area contributed by atoms with Crippen LogP contribution < -0.4 is 9.64 Å². The number of hydrogen-bond donors (Lipinski definition) is 0. The molecule has 3 heterocycles. The number of hydrogen-bond acceptors (Lipinski definition) is 7. The van der Waals surface area contributed by atoms with Crippen LogP contribution in [-0.4, -0.2) is 29.8 Å². The highest BCUT2D eigenvalue weighted by molar-refractivity contribution is 5.99. The Hall–Kier alpha value is -3.95. The summed E-state index contributed by atoms with van der Waals surface area (Å²) in [6, 6.07) is 13.6. The Morgan fingerprint density at radius 2 is 1.82 bits per heavy atom. The van der Waals surface area contributed by atoms with Gasteiger partial charge in [0.1, 0.15) is 34.1 Å². The van der Waals surface area contributed by atoms with Crippen LogP contribution in [-0.2, 0) is 4.84 Å². The highest BCUT2D eigenvalue weighted by Crippen LogP contribution is 2.34. The number of oxime groups is 1. The van der Waals surface area contributed by atoms with Crippen LogP contribution >= 0.6 is 0 Å². The smallest absolute Gasteiger partial charge is 0.433 e. The molecule has 2 aromatic carbocycles. The Morgan fingerprint density at radius 3 is 2.50 bits per heavy atom. The van der Waals surface area contributed by atoms with E-state index in [0.29, 0.717) is 42.2 Å². The number of piperidine rings is 1. The summed E-state index contributed by atoms with van der Waals surface area (Å²) in [6.07, 6.45) is 1.24. The molecule has 2 aliphatic heterocycles. The zero-order valence-corrected chi connectivity index (χ0v) is 18.0. The Balaban J connectivity index is 1.18. The van der Waals surface area contributed by atoms with E-state index in [9.17, 15) is 18.9 Å². The number of ether oxygens (including phenoxy) is 1. The van der Waals surface area contributed by atoms with Crippen molar-refractivity contribution in [3.8, 4) is 5.75 Å². The zero-order chi connectivity index (χ0) is 23.7. The minimum Gasteiger partial charge on any atom is -0.490 e. The third-order valence-electron chi connectivity index (χ3n) is 5.97. The Kier molecular flexibility index (Phi) is 5.87. The molecule has 3 aromatic rings. The molecule has 8 nitrogen and oxygen atoms in total. The molecule has 2 aliphatic rings. The van der Waals surface area contributed by atoms with E-state index in [-0.39, 0.29) is 29.4 Å². The van der Waals surface area contributed by atoms with Crippen molar-refractivity contribution < 1.29 is 27.7 Å². The number of halogens is 2. The second-order valence-corrected chi connectivity index (χ2v) is 8.20. The summed E-state index contributed by atoms with van der Waals surface area (Å²) in [5.41, 5.74) is 1.56. The number of nitrogens with zero attached hydrogens (tertiary/aromatic N) is 3. The van der Waals surface area contributed by atoms with E-state index in [2.05, 4.69) is 5.16 Å². The SMILES string of the molecule is O=[N+]([O-])c1ccc(C2=NOC(c3ccc(N4CCC(Oc5ccc(F)cc5)CC4)c(F)c3)C2)o1. The van der Waals surface area contributed by atoms with Gasteiger partial charge in [-0.1, -0.05) is 11.2 Å². The maximum Gasteiger partial charge on any atom is 0.433 e. The molecule has 10 heteroatoms. The van der Waals surface area contributed by atoms with Crippen LogP contribution in [0.2, 0.25) is 0 Å². The number of rotatable bonds is 6. The average molecular weight is 469 g/mol. The summed E-state index contributed by atoms with van der Waals surface area (Å²) in [7, 11) is 0. The van der Waals surface area contributed by atoms with Gasteiger partial charge in [0, 0.05) is 32.4 Å². The first-order valence-electron chi connectivity index (χ1n) is 10.9. The molecule has 1 saturated heterocycles. The maximum absolute atomic E-state index is 15.0. The number of benzene rings is 2. The van der Waals surface area contributed by atoms with Crippen LogP contribution in [0.4, 0.5) is 20.4 Å². The fourth-order valence-electron chi connectivity index (χ4n) is 4.18. The van der Waals surface area contributed by atoms with Crippen molar-refractivity contribution in [3.05, 3.63) is 87.7 Å². The fraction of sp³-hybridized carbons (Fsp3) is 0.292. The largest absolute Gasteiger partial charge is 0.490 e. The van der Waals surface area contributed by atoms with Crippen molar-refractivity contribution in [2.24, 2.45) is 5.16 Å². The first kappa shape index (κ1) is 21.9. The lowest BCUT2D eigenvalue weighted by Gasteiger charge is -2.34. The van der Waals surface area contributed by atoms with E-state index in [1.54, 1.807) is 24.3 Å². The van der Waals surface area contributed by atoms with Crippen molar-refractivity contribution >= 4 is 17.3 Å². The molecule has 0 saturated carbocycles. The first-order valence-corrected chi connectivity index (χ1v) is 10.9. The molecule has 0 amide bonds. The van der Waals surface area contributed by atoms with Gasteiger partial charge in [0.25, 0.3) is 0 Å². The topological polar surface area (TPSA) is 90.3 Å². The van der Waals surface area contributed by atoms with Gasteiger partial charge >= 0.3 is 5.88 Å². The van der Waals surface area contributed by atoms with E-state index in [0.717, 1.165) is 12.8 Å². The molecule has 5 rings (SSSR count). The molecule has 1 aromatic heterocycles. The molecule has 176 valence electrons. The van der Waals surface area contributed by atoms with Gasteiger partial charge in [0.2, 0.25) is 0 Å².